The van der Waals surface area contributed by atoms with Crippen LogP contribution in [0.15, 0.2) is 39.8 Å². The molecule has 1 aliphatic rings. The highest BCUT2D eigenvalue weighted by Crippen LogP contribution is 2.36. The molecular formula is C14H11BrF2N6O. The van der Waals surface area contributed by atoms with Gasteiger partial charge in [-0.25, -0.2) is 18.7 Å². The van der Waals surface area contributed by atoms with Gasteiger partial charge in [-0.1, -0.05) is 0 Å². The first-order chi connectivity index (χ1) is 11.5. The Kier molecular flexibility index (Phi) is 4.38. The number of allylic oxidation sites excluding steroid dienone is 2. The SMILES string of the molecule is Cn1c(Br)nc2ncc(O/C(C=N)=C3\C=NC=CN3)c(C(F)F)c21. The highest BCUT2D eigenvalue weighted by Gasteiger charge is 2.24. The molecule has 0 amide bonds. The number of hydrogen-bond donors (Lipinski definition) is 2. The van der Waals surface area contributed by atoms with Gasteiger partial charge in [0, 0.05) is 19.4 Å². The largest absolute Gasteiger partial charge is 0.451 e. The van der Waals surface area contributed by atoms with E-state index in [1.807, 2.05) is 0 Å². The number of fused-ring (bicyclic) bond motifs is 1. The first-order valence-corrected chi connectivity index (χ1v) is 7.48. The Labute approximate surface area is 143 Å². The first kappa shape index (κ1) is 16.2. The van der Waals surface area contributed by atoms with Crippen LogP contribution in [0.3, 0.4) is 0 Å². The fraction of sp³-hybridized carbons (Fsp3) is 0.143. The van der Waals surface area contributed by atoms with Crippen molar-refractivity contribution in [1.82, 2.24) is 19.9 Å². The zero-order valence-corrected chi connectivity index (χ0v) is 13.9. The van der Waals surface area contributed by atoms with E-state index in [-0.39, 0.29) is 28.2 Å². The summed E-state index contributed by atoms with van der Waals surface area (Å²) in [7, 11) is 1.59. The van der Waals surface area contributed by atoms with Crippen LogP contribution in [0.2, 0.25) is 0 Å². The molecule has 2 aromatic rings. The van der Waals surface area contributed by atoms with Crippen molar-refractivity contribution in [3.63, 3.8) is 0 Å². The molecule has 0 saturated carbocycles. The standard InChI is InChI=1S/C14H11BrF2N6O/c1-23-11-10(12(16)17)9(6-21-13(11)22-14(23)15)24-8(4-18)7-5-19-2-3-20-7/h2-6,12,18,20H,1H3/b8-7+,18-4?. The molecule has 0 aliphatic carbocycles. The number of aliphatic imine (C=N–C) groups is 1. The smallest absolute Gasteiger partial charge is 0.269 e. The third-order valence-electron chi connectivity index (χ3n) is 3.28. The molecular weight excluding hydrogens is 386 g/mol. The van der Waals surface area contributed by atoms with Crippen LogP contribution in [-0.4, -0.2) is 27.0 Å². The molecule has 0 radical (unpaired) electrons. The van der Waals surface area contributed by atoms with E-state index >= 15 is 0 Å². The Balaban J connectivity index is 2.14. The fourth-order valence-electron chi connectivity index (χ4n) is 2.19. The summed E-state index contributed by atoms with van der Waals surface area (Å²) >= 11 is 3.19. The van der Waals surface area contributed by atoms with E-state index in [2.05, 4.69) is 36.2 Å². The molecule has 3 rings (SSSR count). The van der Waals surface area contributed by atoms with Crippen LogP contribution in [0, 0.1) is 5.41 Å². The van der Waals surface area contributed by atoms with Gasteiger partial charge in [0.2, 0.25) is 0 Å². The van der Waals surface area contributed by atoms with E-state index in [1.54, 1.807) is 7.05 Å². The minimum atomic E-state index is -2.81. The van der Waals surface area contributed by atoms with Crippen LogP contribution < -0.4 is 10.1 Å². The van der Waals surface area contributed by atoms with Gasteiger partial charge < -0.3 is 20.0 Å². The topological polar surface area (TPSA) is 88.2 Å². The molecule has 3 heterocycles. The van der Waals surface area contributed by atoms with E-state index < -0.39 is 6.43 Å². The molecule has 2 N–H and O–H groups in total. The van der Waals surface area contributed by atoms with Gasteiger partial charge in [0.15, 0.2) is 21.9 Å². The fourth-order valence-corrected chi connectivity index (χ4v) is 2.53. The Hall–Kier alpha value is -2.62. The number of alkyl halides is 2. The van der Waals surface area contributed by atoms with Crippen LogP contribution in [0.4, 0.5) is 8.78 Å². The Morgan fingerprint density at radius 1 is 1.50 bits per heavy atom. The van der Waals surface area contributed by atoms with Gasteiger partial charge in [-0.2, -0.15) is 0 Å². The zero-order chi connectivity index (χ0) is 17.3. The normalized spacial score (nSPS) is 15.7. The van der Waals surface area contributed by atoms with Gasteiger partial charge in [-0.3, -0.25) is 4.99 Å². The Morgan fingerprint density at radius 3 is 2.92 bits per heavy atom. The minimum Gasteiger partial charge on any atom is -0.451 e. The summed E-state index contributed by atoms with van der Waals surface area (Å²) in [6, 6.07) is 0. The van der Waals surface area contributed by atoms with Gasteiger partial charge in [-0.15, -0.1) is 0 Å². The second-order valence-electron chi connectivity index (χ2n) is 4.71. The van der Waals surface area contributed by atoms with E-state index in [9.17, 15) is 8.78 Å². The number of hydrogen-bond acceptors (Lipinski definition) is 6. The van der Waals surface area contributed by atoms with E-state index in [4.69, 9.17) is 10.1 Å². The summed E-state index contributed by atoms with van der Waals surface area (Å²) in [6.45, 7) is 0. The molecule has 10 heteroatoms. The second kappa shape index (κ2) is 6.48. The number of aryl methyl sites for hydroxylation is 1. The summed E-state index contributed by atoms with van der Waals surface area (Å²) in [5, 5.41) is 10.3. The zero-order valence-electron chi connectivity index (χ0n) is 12.3. The van der Waals surface area contributed by atoms with Crippen LogP contribution in [-0.2, 0) is 7.05 Å². The molecule has 0 atom stereocenters. The maximum Gasteiger partial charge on any atom is 0.269 e. The lowest BCUT2D eigenvalue weighted by Gasteiger charge is -2.15. The number of rotatable bonds is 4. The maximum atomic E-state index is 13.7. The number of imidazole rings is 1. The summed E-state index contributed by atoms with van der Waals surface area (Å²) in [5.41, 5.74) is 0.369. The van der Waals surface area contributed by atoms with E-state index in [0.29, 0.717) is 10.4 Å². The average Bonchev–Trinajstić information content (AvgIpc) is 2.87. The van der Waals surface area contributed by atoms with Gasteiger partial charge in [0.1, 0.15) is 11.2 Å². The van der Waals surface area contributed by atoms with Crippen molar-refractivity contribution in [3.8, 4) is 5.75 Å². The van der Waals surface area contributed by atoms with Crippen LogP contribution >= 0.6 is 15.9 Å². The van der Waals surface area contributed by atoms with Crippen molar-refractivity contribution in [1.29, 1.82) is 5.41 Å². The van der Waals surface area contributed by atoms with Crippen molar-refractivity contribution >= 4 is 39.5 Å². The van der Waals surface area contributed by atoms with Crippen molar-refractivity contribution in [2.75, 3.05) is 0 Å². The number of nitrogens with one attached hydrogen (secondary N) is 2. The van der Waals surface area contributed by atoms with Crippen molar-refractivity contribution in [2.24, 2.45) is 12.0 Å². The number of aromatic nitrogens is 3. The summed E-state index contributed by atoms with van der Waals surface area (Å²) in [4.78, 5) is 12.0. The quantitative estimate of drug-likeness (QED) is 0.613. The molecule has 0 unspecified atom stereocenters. The molecule has 0 spiro atoms. The molecule has 0 fully saturated rings. The molecule has 1 aliphatic heterocycles. The van der Waals surface area contributed by atoms with E-state index in [1.165, 1.54) is 29.4 Å². The molecule has 7 nitrogen and oxygen atoms in total. The number of ether oxygens (including phenoxy) is 1. The minimum absolute atomic E-state index is 0.0346. The number of pyridine rings is 1. The number of halogens is 3. The Morgan fingerprint density at radius 2 is 2.29 bits per heavy atom. The van der Waals surface area contributed by atoms with Gasteiger partial charge in [-0.05, 0) is 15.9 Å². The van der Waals surface area contributed by atoms with Crippen LogP contribution in [0.1, 0.15) is 12.0 Å². The van der Waals surface area contributed by atoms with Crippen molar-refractivity contribution in [3.05, 3.63) is 40.4 Å². The lowest BCUT2D eigenvalue weighted by molar-refractivity contribution is 0.149. The lowest BCUT2D eigenvalue weighted by atomic mass is 10.2. The predicted octanol–water partition coefficient (Wildman–Crippen LogP) is 3.05. The number of nitrogens with zero attached hydrogens (tertiary/aromatic N) is 4. The van der Waals surface area contributed by atoms with Gasteiger partial charge in [0.05, 0.1) is 24.2 Å². The Bertz CT molecular complexity index is 902. The van der Waals surface area contributed by atoms with Gasteiger partial charge >= 0.3 is 0 Å². The third kappa shape index (κ3) is 2.80. The third-order valence-corrected chi connectivity index (χ3v) is 3.99. The van der Waals surface area contributed by atoms with Crippen LogP contribution in [0.5, 0.6) is 5.75 Å². The summed E-state index contributed by atoms with van der Waals surface area (Å²) < 4.78 is 34.7. The predicted molar refractivity (Wildman–Crippen MR) is 88.4 cm³/mol. The van der Waals surface area contributed by atoms with Gasteiger partial charge in [0.25, 0.3) is 6.43 Å². The molecule has 24 heavy (non-hydrogen) atoms. The summed E-state index contributed by atoms with van der Waals surface area (Å²) in [6.07, 6.45) is 3.74. The molecule has 2 aromatic heterocycles. The molecule has 0 saturated heterocycles. The monoisotopic (exact) mass is 396 g/mol. The molecule has 0 aromatic carbocycles. The summed E-state index contributed by atoms with van der Waals surface area (Å²) in [5.74, 6) is -0.115. The van der Waals surface area contributed by atoms with E-state index in [0.717, 1.165) is 6.21 Å². The first-order valence-electron chi connectivity index (χ1n) is 6.69. The van der Waals surface area contributed by atoms with Crippen LogP contribution in [0.25, 0.3) is 11.2 Å². The second-order valence-corrected chi connectivity index (χ2v) is 5.42. The molecule has 124 valence electrons. The average molecular weight is 397 g/mol. The molecule has 0 bridgehead atoms. The van der Waals surface area contributed by atoms with Crippen molar-refractivity contribution < 1.29 is 13.5 Å². The lowest BCUT2D eigenvalue weighted by Crippen LogP contribution is -2.16. The maximum absolute atomic E-state index is 13.7. The van der Waals surface area contributed by atoms with Crippen molar-refractivity contribution in [2.45, 2.75) is 6.43 Å². The highest BCUT2D eigenvalue weighted by atomic mass is 79.9. The highest BCUT2D eigenvalue weighted by molar-refractivity contribution is 9.10.